The van der Waals surface area contributed by atoms with Crippen LogP contribution in [0.5, 0.6) is 0 Å². The number of rotatable bonds is 4. The molecule has 0 aliphatic carbocycles. The number of hydrogen-bond acceptors (Lipinski definition) is 4. The van der Waals surface area contributed by atoms with Crippen LogP contribution in [-0.2, 0) is 13.0 Å². The van der Waals surface area contributed by atoms with Gasteiger partial charge in [0.1, 0.15) is 12.2 Å². The van der Waals surface area contributed by atoms with Crippen LogP contribution in [0.4, 0.5) is 0 Å². The molecule has 86 valence electrons. The maximum Gasteiger partial charge on any atom is 0.198 e. The van der Waals surface area contributed by atoms with Crippen molar-refractivity contribution in [3.05, 3.63) is 35.3 Å². The Labute approximate surface area is 97.7 Å². The number of aryl methyl sites for hydroxylation is 1. The Balaban J connectivity index is 2.13. The normalized spacial score (nSPS) is 12.9. The second kappa shape index (κ2) is 4.67. The summed E-state index contributed by atoms with van der Waals surface area (Å²) in [5.41, 5.74) is 0.576. The Hall–Kier alpha value is -1.33. The summed E-state index contributed by atoms with van der Waals surface area (Å²) in [7, 11) is 0. The van der Waals surface area contributed by atoms with Crippen LogP contribution in [0.3, 0.4) is 0 Å². The molecule has 2 heterocycles. The third-order valence-electron chi connectivity index (χ3n) is 2.38. The molecular weight excluding hydrogens is 230 g/mol. The van der Waals surface area contributed by atoms with E-state index in [-0.39, 0.29) is 5.22 Å². The second-order valence-electron chi connectivity index (χ2n) is 3.36. The largest absolute Gasteiger partial charge is 0.453 e. The van der Waals surface area contributed by atoms with Gasteiger partial charge in [0.25, 0.3) is 0 Å². The number of furan rings is 1. The first kappa shape index (κ1) is 11.2. The summed E-state index contributed by atoms with van der Waals surface area (Å²) in [6, 6.07) is 1.65. The summed E-state index contributed by atoms with van der Waals surface area (Å²) in [5.74, 6) is 0.729. The van der Waals surface area contributed by atoms with E-state index in [4.69, 9.17) is 16.0 Å². The number of aliphatic hydroxyl groups excluding tert-OH is 1. The maximum absolute atomic E-state index is 9.96. The van der Waals surface area contributed by atoms with Crippen molar-refractivity contribution in [3.8, 4) is 0 Å². The lowest BCUT2D eigenvalue weighted by molar-refractivity contribution is 0.173. The zero-order valence-electron chi connectivity index (χ0n) is 8.80. The molecule has 1 atom stereocenters. The van der Waals surface area contributed by atoms with Gasteiger partial charge in [-0.15, -0.1) is 0 Å². The molecule has 0 spiro atoms. The third-order valence-corrected chi connectivity index (χ3v) is 2.68. The van der Waals surface area contributed by atoms with Crippen molar-refractivity contribution in [2.45, 2.75) is 26.0 Å². The molecule has 0 aromatic carbocycles. The van der Waals surface area contributed by atoms with Gasteiger partial charge < -0.3 is 9.52 Å². The van der Waals surface area contributed by atoms with Crippen molar-refractivity contribution in [1.82, 2.24) is 14.8 Å². The van der Waals surface area contributed by atoms with Gasteiger partial charge in [0.2, 0.25) is 0 Å². The standard InChI is InChI=1S/C10H12ClN3O2/c1-2-14-9(12-6-13-14)5-8(15)7-3-4-16-10(7)11/h3-4,6,8,15H,2,5H2,1H3. The summed E-state index contributed by atoms with van der Waals surface area (Å²) in [6.07, 6.45) is 2.57. The summed E-state index contributed by atoms with van der Waals surface area (Å²) < 4.78 is 6.66. The Morgan fingerprint density at radius 1 is 1.62 bits per heavy atom. The molecule has 0 aliphatic heterocycles. The molecule has 16 heavy (non-hydrogen) atoms. The first-order valence-electron chi connectivity index (χ1n) is 5.00. The third kappa shape index (κ3) is 2.10. The highest BCUT2D eigenvalue weighted by atomic mass is 35.5. The summed E-state index contributed by atoms with van der Waals surface area (Å²) >= 11 is 5.78. The second-order valence-corrected chi connectivity index (χ2v) is 3.70. The fraction of sp³-hybridized carbons (Fsp3) is 0.400. The van der Waals surface area contributed by atoms with E-state index >= 15 is 0 Å². The molecule has 0 saturated heterocycles. The lowest BCUT2D eigenvalue weighted by Crippen LogP contribution is -2.09. The highest BCUT2D eigenvalue weighted by Crippen LogP contribution is 2.25. The van der Waals surface area contributed by atoms with Crippen LogP contribution in [0.25, 0.3) is 0 Å². The Morgan fingerprint density at radius 3 is 3.06 bits per heavy atom. The molecule has 5 nitrogen and oxygen atoms in total. The molecule has 2 rings (SSSR count). The first-order chi connectivity index (χ1) is 7.72. The molecule has 0 amide bonds. The van der Waals surface area contributed by atoms with E-state index in [0.29, 0.717) is 12.0 Å². The lowest BCUT2D eigenvalue weighted by Gasteiger charge is -2.08. The molecule has 0 aliphatic rings. The van der Waals surface area contributed by atoms with Gasteiger partial charge in [-0.3, -0.25) is 4.68 Å². The van der Waals surface area contributed by atoms with Gasteiger partial charge in [0.05, 0.1) is 12.4 Å². The predicted molar refractivity (Wildman–Crippen MR) is 58.1 cm³/mol. The number of aliphatic hydroxyl groups is 1. The Bertz CT molecular complexity index is 466. The van der Waals surface area contributed by atoms with Crippen LogP contribution in [-0.4, -0.2) is 19.9 Å². The predicted octanol–water partition coefficient (Wildman–Crippen LogP) is 1.82. The zero-order chi connectivity index (χ0) is 11.5. The minimum atomic E-state index is -0.722. The van der Waals surface area contributed by atoms with Crippen molar-refractivity contribution in [1.29, 1.82) is 0 Å². The smallest absolute Gasteiger partial charge is 0.198 e. The average molecular weight is 242 g/mol. The number of halogens is 1. The first-order valence-corrected chi connectivity index (χ1v) is 5.37. The average Bonchev–Trinajstić information content (AvgIpc) is 2.86. The quantitative estimate of drug-likeness (QED) is 0.887. The van der Waals surface area contributed by atoms with Crippen LogP contribution < -0.4 is 0 Å². The van der Waals surface area contributed by atoms with Crippen LogP contribution in [0.2, 0.25) is 5.22 Å². The number of aromatic nitrogens is 3. The van der Waals surface area contributed by atoms with Crippen molar-refractivity contribution in [2.75, 3.05) is 0 Å². The molecule has 0 bridgehead atoms. The van der Waals surface area contributed by atoms with E-state index in [9.17, 15) is 5.11 Å². The molecule has 0 saturated carbocycles. The van der Waals surface area contributed by atoms with Crippen LogP contribution in [0.1, 0.15) is 24.4 Å². The van der Waals surface area contributed by atoms with E-state index < -0.39 is 6.10 Å². The molecule has 6 heteroatoms. The molecule has 2 aromatic heterocycles. The van der Waals surface area contributed by atoms with E-state index in [1.165, 1.54) is 12.6 Å². The van der Waals surface area contributed by atoms with Crippen molar-refractivity contribution < 1.29 is 9.52 Å². The van der Waals surface area contributed by atoms with Gasteiger partial charge in [-0.05, 0) is 24.6 Å². The lowest BCUT2D eigenvalue weighted by atomic mass is 10.1. The van der Waals surface area contributed by atoms with Gasteiger partial charge >= 0.3 is 0 Å². The van der Waals surface area contributed by atoms with Crippen molar-refractivity contribution in [3.63, 3.8) is 0 Å². The molecule has 0 fully saturated rings. The zero-order valence-corrected chi connectivity index (χ0v) is 9.55. The van der Waals surface area contributed by atoms with Crippen LogP contribution >= 0.6 is 11.6 Å². The summed E-state index contributed by atoms with van der Waals surface area (Å²) in [4.78, 5) is 4.08. The minimum absolute atomic E-state index is 0.218. The van der Waals surface area contributed by atoms with Gasteiger partial charge in [0.15, 0.2) is 5.22 Å². The van der Waals surface area contributed by atoms with Crippen molar-refractivity contribution >= 4 is 11.6 Å². The number of nitrogens with zero attached hydrogens (tertiary/aromatic N) is 3. The fourth-order valence-corrected chi connectivity index (χ4v) is 1.78. The highest BCUT2D eigenvalue weighted by Gasteiger charge is 2.17. The Morgan fingerprint density at radius 2 is 2.44 bits per heavy atom. The van der Waals surface area contributed by atoms with E-state index in [1.807, 2.05) is 6.92 Å². The van der Waals surface area contributed by atoms with Crippen molar-refractivity contribution in [2.24, 2.45) is 0 Å². The molecular formula is C10H12ClN3O2. The van der Waals surface area contributed by atoms with Crippen LogP contribution in [0.15, 0.2) is 23.1 Å². The SMILES string of the molecule is CCn1ncnc1CC(O)c1ccoc1Cl. The minimum Gasteiger partial charge on any atom is -0.453 e. The molecule has 2 aromatic rings. The van der Waals surface area contributed by atoms with E-state index in [2.05, 4.69) is 10.1 Å². The van der Waals surface area contributed by atoms with Gasteiger partial charge in [-0.2, -0.15) is 5.10 Å². The summed E-state index contributed by atoms with van der Waals surface area (Å²) in [6.45, 7) is 2.69. The monoisotopic (exact) mass is 241 g/mol. The highest BCUT2D eigenvalue weighted by molar-refractivity contribution is 6.29. The molecule has 0 radical (unpaired) electrons. The van der Waals surface area contributed by atoms with Gasteiger partial charge in [-0.1, -0.05) is 0 Å². The van der Waals surface area contributed by atoms with E-state index in [1.54, 1.807) is 10.7 Å². The molecule has 1 N–H and O–H groups in total. The van der Waals surface area contributed by atoms with Gasteiger partial charge in [-0.25, -0.2) is 4.98 Å². The summed E-state index contributed by atoms with van der Waals surface area (Å²) in [5, 5.41) is 14.2. The fourth-order valence-electron chi connectivity index (χ4n) is 1.54. The van der Waals surface area contributed by atoms with Gasteiger partial charge in [0, 0.05) is 18.5 Å². The molecule has 1 unspecified atom stereocenters. The maximum atomic E-state index is 9.96. The Kier molecular flexibility index (Phi) is 3.26. The topological polar surface area (TPSA) is 64.1 Å². The van der Waals surface area contributed by atoms with E-state index in [0.717, 1.165) is 12.4 Å². The van der Waals surface area contributed by atoms with Crippen LogP contribution in [0, 0.1) is 0 Å². The number of hydrogen-bond donors (Lipinski definition) is 1.